The highest BCUT2D eigenvalue weighted by Gasteiger charge is 2.03. The predicted octanol–water partition coefficient (Wildman–Crippen LogP) is 2.09. The quantitative estimate of drug-likeness (QED) is 0.619. The normalized spacial score (nSPS) is 9.71. The van der Waals surface area contributed by atoms with Gasteiger partial charge in [0.15, 0.2) is 0 Å². The van der Waals surface area contributed by atoms with Gasteiger partial charge in [-0.1, -0.05) is 13.8 Å². The second-order valence-corrected chi connectivity index (χ2v) is 2.94. The highest BCUT2D eigenvalue weighted by atomic mass is 35.5. The lowest BCUT2D eigenvalue weighted by atomic mass is 10.3. The monoisotopic (exact) mass is 223 g/mol. The fourth-order valence-corrected chi connectivity index (χ4v) is 1.22. The molecule has 0 aromatic rings. The third kappa shape index (κ3) is 8.32. The Balaban J connectivity index is 0. The summed E-state index contributed by atoms with van der Waals surface area (Å²) in [5.74, 6) is -0.0744. The summed E-state index contributed by atoms with van der Waals surface area (Å²) in [5, 5.41) is 0. The number of nitrogens with zero attached hydrogens (tertiary/aromatic N) is 1. The maximum Gasteiger partial charge on any atom is 0.305 e. The molecule has 0 rings (SSSR count). The molecule has 3 nitrogen and oxygen atoms in total. The molecular formula is C10H22ClNO2. The maximum absolute atomic E-state index is 11.0. The van der Waals surface area contributed by atoms with Crippen LogP contribution in [0.3, 0.4) is 0 Å². The minimum atomic E-state index is -0.0744. The van der Waals surface area contributed by atoms with Crippen LogP contribution in [0.1, 0.15) is 33.6 Å². The molecule has 0 N–H and O–H groups in total. The van der Waals surface area contributed by atoms with Crippen molar-refractivity contribution in [2.75, 3.05) is 26.2 Å². The zero-order valence-electron chi connectivity index (χ0n) is 9.41. The maximum atomic E-state index is 11.0. The highest BCUT2D eigenvalue weighted by molar-refractivity contribution is 5.85. The minimum Gasteiger partial charge on any atom is -0.466 e. The predicted molar refractivity (Wildman–Crippen MR) is 60.9 cm³/mol. The van der Waals surface area contributed by atoms with E-state index in [2.05, 4.69) is 18.7 Å². The van der Waals surface area contributed by atoms with E-state index >= 15 is 0 Å². The molecule has 4 heteroatoms. The van der Waals surface area contributed by atoms with Gasteiger partial charge in [0.05, 0.1) is 6.61 Å². The first-order valence-electron chi connectivity index (χ1n) is 5.12. The Labute approximate surface area is 93.2 Å². The topological polar surface area (TPSA) is 29.5 Å². The van der Waals surface area contributed by atoms with Crippen LogP contribution in [0.15, 0.2) is 0 Å². The Morgan fingerprint density at radius 2 is 1.79 bits per heavy atom. The van der Waals surface area contributed by atoms with Gasteiger partial charge in [0, 0.05) is 6.42 Å². The Morgan fingerprint density at radius 1 is 1.21 bits per heavy atom. The lowest BCUT2D eigenvalue weighted by Crippen LogP contribution is -2.24. The van der Waals surface area contributed by atoms with E-state index in [9.17, 15) is 4.79 Å². The fraction of sp³-hybridized carbons (Fsp3) is 0.900. The number of rotatable bonds is 7. The molecule has 0 heterocycles. The van der Waals surface area contributed by atoms with Crippen molar-refractivity contribution in [3.63, 3.8) is 0 Å². The van der Waals surface area contributed by atoms with Gasteiger partial charge in [-0.25, -0.2) is 0 Å². The molecule has 0 radical (unpaired) electrons. The second kappa shape index (κ2) is 10.8. The van der Waals surface area contributed by atoms with E-state index in [-0.39, 0.29) is 18.4 Å². The van der Waals surface area contributed by atoms with Crippen molar-refractivity contribution in [2.45, 2.75) is 33.6 Å². The molecule has 0 saturated heterocycles. The van der Waals surface area contributed by atoms with Crippen molar-refractivity contribution in [1.29, 1.82) is 0 Å². The van der Waals surface area contributed by atoms with Crippen molar-refractivity contribution in [1.82, 2.24) is 4.90 Å². The Bertz CT molecular complexity index is 138. The smallest absolute Gasteiger partial charge is 0.305 e. The van der Waals surface area contributed by atoms with Crippen LogP contribution < -0.4 is 0 Å². The number of halogens is 1. The molecule has 0 aliphatic carbocycles. The van der Waals surface area contributed by atoms with Gasteiger partial charge in [-0.2, -0.15) is 0 Å². The fourth-order valence-electron chi connectivity index (χ4n) is 1.22. The summed E-state index contributed by atoms with van der Waals surface area (Å²) in [6.45, 7) is 9.69. The van der Waals surface area contributed by atoms with Gasteiger partial charge in [-0.3, -0.25) is 4.79 Å². The third-order valence-corrected chi connectivity index (χ3v) is 2.05. The van der Waals surface area contributed by atoms with Gasteiger partial charge >= 0.3 is 5.97 Å². The molecule has 0 atom stereocenters. The Morgan fingerprint density at radius 3 is 2.21 bits per heavy atom. The standard InChI is InChI=1S/C10H21NO2.ClH/c1-4-11(5-2)9-7-8-10(12)13-6-3;/h4-9H2,1-3H3;1H. The summed E-state index contributed by atoms with van der Waals surface area (Å²) in [6, 6.07) is 0. The molecule has 0 aliphatic rings. The van der Waals surface area contributed by atoms with Crippen LogP contribution in [0.4, 0.5) is 0 Å². The Kier molecular flexibility index (Phi) is 12.5. The molecule has 86 valence electrons. The molecule has 0 aromatic carbocycles. The molecular weight excluding hydrogens is 202 g/mol. The molecule has 0 saturated carbocycles. The molecule has 0 aromatic heterocycles. The van der Waals surface area contributed by atoms with Crippen LogP contribution >= 0.6 is 12.4 Å². The van der Waals surface area contributed by atoms with Crippen LogP contribution in [0.5, 0.6) is 0 Å². The van der Waals surface area contributed by atoms with Gasteiger partial charge < -0.3 is 9.64 Å². The number of hydrogen-bond acceptors (Lipinski definition) is 3. The minimum absolute atomic E-state index is 0. The van der Waals surface area contributed by atoms with Gasteiger partial charge in [-0.15, -0.1) is 12.4 Å². The van der Waals surface area contributed by atoms with Crippen molar-refractivity contribution in [3.8, 4) is 0 Å². The van der Waals surface area contributed by atoms with E-state index in [1.165, 1.54) is 0 Å². The summed E-state index contributed by atoms with van der Waals surface area (Å²) in [5.41, 5.74) is 0. The van der Waals surface area contributed by atoms with Crippen molar-refractivity contribution < 1.29 is 9.53 Å². The molecule has 0 bridgehead atoms. The Hall–Kier alpha value is -0.280. The zero-order chi connectivity index (χ0) is 10.1. The molecule has 0 unspecified atom stereocenters. The summed E-state index contributed by atoms with van der Waals surface area (Å²) in [6.07, 6.45) is 1.45. The second-order valence-electron chi connectivity index (χ2n) is 2.94. The van der Waals surface area contributed by atoms with E-state index < -0.39 is 0 Å². The molecule has 14 heavy (non-hydrogen) atoms. The zero-order valence-corrected chi connectivity index (χ0v) is 10.2. The average Bonchev–Trinajstić information content (AvgIpc) is 2.13. The summed E-state index contributed by atoms with van der Waals surface area (Å²) < 4.78 is 4.83. The van der Waals surface area contributed by atoms with E-state index in [1.807, 2.05) is 6.92 Å². The van der Waals surface area contributed by atoms with Crippen LogP contribution in [-0.2, 0) is 9.53 Å². The first-order chi connectivity index (χ1) is 6.24. The van der Waals surface area contributed by atoms with Crippen LogP contribution in [0, 0.1) is 0 Å². The summed E-state index contributed by atoms with van der Waals surface area (Å²) in [7, 11) is 0. The van der Waals surface area contributed by atoms with Crippen LogP contribution in [-0.4, -0.2) is 37.1 Å². The van der Waals surface area contributed by atoms with Gasteiger partial charge in [-0.05, 0) is 33.0 Å². The van der Waals surface area contributed by atoms with E-state index in [0.29, 0.717) is 13.0 Å². The van der Waals surface area contributed by atoms with Crippen molar-refractivity contribution in [3.05, 3.63) is 0 Å². The first-order valence-corrected chi connectivity index (χ1v) is 5.12. The third-order valence-electron chi connectivity index (χ3n) is 2.05. The van der Waals surface area contributed by atoms with Gasteiger partial charge in [0.25, 0.3) is 0 Å². The highest BCUT2D eigenvalue weighted by Crippen LogP contribution is 1.96. The lowest BCUT2D eigenvalue weighted by Gasteiger charge is -2.16. The number of carbonyl (C=O) groups excluding carboxylic acids is 1. The van der Waals surface area contributed by atoms with E-state index in [0.717, 1.165) is 26.1 Å². The number of esters is 1. The van der Waals surface area contributed by atoms with Crippen molar-refractivity contribution in [2.24, 2.45) is 0 Å². The van der Waals surface area contributed by atoms with Crippen molar-refractivity contribution >= 4 is 18.4 Å². The SMILES string of the molecule is CCOC(=O)CCCN(CC)CC.Cl. The number of hydrogen-bond donors (Lipinski definition) is 0. The van der Waals surface area contributed by atoms with Gasteiger partial charge in [0.1, 0.15) is 0 Å². The molecule has 0 spiro atoms. The van der Waals surface area contributed by atoms with E-state index in [1.54, 1.807) is 0 Å². The first kappa shape index (κ1) is 16.2. The van der Waals surface area contributed by atoms with E-state index in [4.69, 9.17) is 4.74 Å². The molecule has 0 amide bonds. The summed E-state index contributed by atoms with van der Waals surface area (Å²) in [4.78, 5) is 13.3. The lowest BCUT2D eigenvalue weighted by molar-refractivity contribution is -0.143. The van der Waals surface area contributed by atoms with Crippen LogP contribution in [0.25, 0.3) is 0 Å². The van der Waals surface area contributed by atoms with Crippen LogP contribution in [0.2, 0.25) is 0 Å². The largest absolute Gasteiger partial charge is 0.466 e. The molecule has 0 aliphatic heterocycles. The number of carbonyl (C=O) groups is 1. The van der Waals surface area contributed by atoms with Gasteiger partial charge in [0.2, 0.25) is 0 Å². The molecule has 0 fully saturated rings. The average molecular weight is 224 g/mol. The summed E-state index contributed by atoms with van der Waals surface area (Å²) >= 11 is 0. The number of ether oxygens (including phenoxy) is 1.